The zero-order chi connectivity index (χ0) is 10.6. The third kappa shape index (κ3) is 8.03. The Hall–Kier alpha value is 0.169. The van der Waals surface area contributed by atoms with Crippen molar-refractivity contribution in [3.63, 3.8) is 0 Å². The molecule has 0 saturated heterocycles. The maximum atomic E-state index is 10.1. The topological polar surface area (TPSA) is 141 Å². The van der Waals surface area contributed by atoms with Crippen molar-refractivity contribution in [3.05, 3.63) is 0 Å². The van der Waals surface area contributed by atoms with Crippen molar-refractivity contribution < 1.29 is 64.4 Å². The third-order valence-electron chi connectivity index (χ3n) is 1.25. The van der Waals surface area contributed by atoms with Crippen LogP contribution in [0.15, 0.2) is 0 Å². The van der Waals surface area contributed by atoms with Gasteiger partial charge in [0.25, 0.3) is 0 Å². The van der Waals surface area contributed by atoms with Crippen molar-refractivity contribution >= 4 is 41.8 Å². The molecule has 15 heavy (non-hydrogen) atoms. The molecule has 0 aliphatic heterocycles. The zero-order valence-electron chi connectivity index (χ0n) is 7.81. The summed E-state index contributed by atoms with van der Waals surface area (Å²) in [6.45, 7) is 0. The van der Waals surface area contributed by atoms with Crippen molar-refractivity contribution in [2.24, 2.45) is 0 Å². The van der Waals surface area contributed by atoms with Gasteiger partial charge >= 0.3 is 53.5 Å². The molecule has 0 aromatic carbocycles. The minimum absolute atomic E-state index is 0. The minimum atomic E-state index is -2.97. The number of aliphatic carboxylic acids is 3. The second kappa shape index (κ2) is 8.34. The predicted molar refractivity (Wildman–Crippen MR) is 35.0 cm³/mol. The Morgan fingerprint density at radius 2 is 1.27 bits per heavy atom. The van der Waals surface area contributed by atoms with Gasteiger partial charge in [-0.15, -0.1) is 0 Å². The first-order chi connectivity index (χ1) is 5.78. The Balaban J connectivity index is -0.000000720. The van der Waals surface area contributed by atoms with E-state index in [9.17, 15) is 29.7 Å². The number of aliphatic hydroxyl groups is 1. The smallest absolute Gasteiger partial charge is 0.550 e. The SMILES string of the molecule is O=C([O-])CC(O)(CC(=O)[O-])C(=O)[O-].[Na+].[Sn+2]. The number of carboxylic acid groups (broad SMARTS) is 3. The summed E-state index contributed by atoms with van der Waals surface area (Å²) in [5.74, 6) is -5.98. The molecule has 0 unspecified atom stereocenters. The number of carboxylic acids is 3. The second-order valence-electron chi connectivity index (χ2n) is 2.42. The summed E-state index contributed by atoms with van der Waals surface area (Å²) < 4.78 is 0. The van der Waals surface area contributed by atoms with Crippen LogP contribution in [0.1, 0.15) is 12.8 Å². The van der Waals surface area contributed by atoms with Gasteiger partial charge in [0.1, 0.15) is 5.60 Å². The van der Waals surface area contributed by atoms with Crippen LogP contribution >= 0.6 is 0 Å². The van der Waals surface area contributed by atoms with E-state index in [2.05, 4.69) is 0 Å². The van der Waals surface area contributed by atoms with E-state index in [1.165, 1.54) is 0 Å². The van der Waals surface area contributed by atoms with Gasteiger partial charge in [-0.2, -0.15) is 0 Å². The Labute approximate surface area is 124 Å². The van der Waals surface area contributed by atoms with Crippen LogP contribution in [0.5, 0.6) is 0 Å². The van der Waals surface area contributed by atoms with Gasteiger partial charge < -0.3 is 34.8 Å². The van der Waals surface area contributed by atoms with Gasteiger partial charge in [0, 0.05) is 24.8 Å². The van der Waals surface area contributed by atoms with E-state index in [-0.39, 0.29) is 53.5 Å². The number of rotatable bonds is 5. The van der Waals surface area contributed by atoms with Crippen molar-refractivity contribution in [1.29, 1.82) is 0 Å². The molecule has 2 radical (unpaired) electrons. The molecule has 9 heteroatoms. The molecule has 0 rings (SSSR count). The Kier molecular flexibility index (Phi) is 11.4. The Morgan fingerprint density at radius 1 is 1.00 bits per heavy atom. The zero-order valence-corrected chi connectivity index (χ0v) is 12.7. The summed E-state index contributed by atoms with van der Waals surface area (Å²) in [4.78, 5) is 30.0. The van der Waals surface area contributed by atoms with Crippen LogP contribution in [0.2, 0.25) is 0 Å². The maximum Gasteiger partial charge on any atom is 2.00 e. The van der Waals surface area contributed by atoms with E-state index in [4.69, 9.17) is 5.11 Å². The molecule has 0 aromatic rings. The molecule has 0 aromatic heterocycles. The van der Waals surface area contributed by atoms with E-state index in [1.807, 2.05) is 0 Å². The van der Waals surface area contributed by atoms with Crippen LogP contribution in [0, 0.1) is 0 Å². The molecule has 0 atom stereocenters. The molecule has 0 aliphatic rings. The molecule has 0 heterocycles. The molecular weight excluding hydrogens is 326 g/mol. The van der Waals surface area contributed by atoms with Crippen molar-refractivity contribution in [2.45, 2.75) is 18.4 Å². The summed E-state index contributed by atoms with van der Waals surface area (Å²) in [7, 11) is 0. The fourth-order valence-electron chi connectivity index (χ4n) is 0.684. The van der Waals surface area contributed by atoms with Crippen molar-refractivity contribution in [3.8, 4) is 0 Å². The van der Waals surface area contributed by atoms with Gasteiger partial charge in [-0.1, -0.05) is 0 Å². The molecule has 7 nitrogen and oxygen atoms in total. The van der Waals surface area contributed by atoms with Gasteiger partial charge in [-0.3, -0.25) is 0 Å². The van der Waals surface area contributed by atoms with Gasteiger partial charge in [0.2, 0.25) is 0 Å². The van der Waals surface area contributed by atoms with E-state index in [1.54, 1.807) is 0 Å². The van der Waals surface area contributed by atoms with Gasteiger partial charge in [-0.25, -0.2) is 0 Å². The largest absolute Gasteiger partial charge is 2.00 e. The van der Waals surface area contributed by atoms with Crippen molar-refractivity contribution in [2.75, 3.05) is 0 Å². The van der Waals surface area contributed by atoms with Crippen LogP contribution in [0.25, 0.3) is 0 Å². The van der Waals surface area contributed by atoms with Crippen molar-refractivity contribution in [1.82, 2.24) is 0 Å². The first-order valence-electron chi connectivity index (χ1n) is 3.11. The van der Waals surface area contributed by atoms with Crippen LogP contribution in [-0.4, -0.2) is 52.5 Å². The molecule has 0 saturated carbocycles. The Morgan fingerprint density at radius 3 is 1.40 bits per heavy atom. The summed E-state index contributed by atoms with van der Waals surface area (Å²) in [6.07, 6.45) is -2.72. The van der Waals surface area contributed by atoms with Gasteiger partial charge in [-0.05, 0) is 0 Å². The first-order valence-corrected chi connectivity index (χ1v) is 3.11. The first kappa shape index (κ1) is 20.6. The molecule has 1 N–H and O–H groups in total. The molecule has 0 fully saturated rings. The van der Waals surface area contributed by atoms with E-state index in [0.717, 1.165) is 0 Å². The summed E-state index contributed by atoms with van der Waals surface area (Å²) >= 11 is 0. The van der Waals surface area contributed by atoms with Crippen LogP contribution in [0.3, 0.4) is 0 Å². The van der Waals surface area contributed by atoms with E-state index >= 15 is 0 Å². The summed E-state index contributed by atoms with van der Waals surface area (Å²) in [5, 5.41) is 38.9. The summed E-state index contributed by atoms with van der Waals surface area (Å²) in [5.41, 5.74) is -2.97. The fraction of sp³-hybridized carbons (Fsp3) is 0.500. The average molecular weight is 331 g/mol. The summed E-state index contributed by atoms with van der Waals surface area (Å²) in [6, 6.07) is 0. The molecule has 0 amide bonds. The van der Waals surface area contributed by atoms with Crippen LogP contribution in [0.4, 0.5) is 0 Å². The quantitative estimate of drug-likeness (QED) is 0.493. The molecule has 0 bridgehead atoms. The number of carbonyl (C=O) groups is 3. The number of carbonyl (C=O) groups excluding carboxylic acids is 3. The maximum absolute atomic E-state index is 10.1. The second-order valence-corrected chi connectivity index (χ2v) is 2.42. The number of hydrogen-bond acceptors (Lipinski definition) is 7. The van der Waals surface area contributed by atoms with Gasteiger partial charge in [0.15, 0.2) is 0 Å². The minimum Gasteiger partial charge on any atom is -0.550 e. The molecule has 0 spiro atoms. The molecular formula is C6H5NaO7Sn. The van der Waals surface area contributed by atoms with E-state index < -0.39 is 36.4 Å². The monoisotopic (exact) mass is 332 g/mol. The molecule has 0 aliphatic carbocycles. The average Bonchev–Trinajstić information content (AvgIpc) is 1.82. The fourth-order valence-corrected chi connectivity index (χ4v) is 0.684. The van der Waals surface area contributed by atoms with E-state index in [0.29, 0.717) is 0 Å². The van der Waals surface area contributed by atoms with Gasteiger partial charge in [0.05, 0.1) is 5.97 Å². The standard InChI is InChI=1S/C6H8O7.Na.Sn/c7-3(8)1-6(13,5(11)12)2-4(9)10;;/h13H,1-2H2,(H,7,8)(H,9,10)(H,11,12);;/q;+1;+2/p-3. The third-order valence-corrected chi connectivity index (χ3v) is 1.25. The van der Waals surface area contributed by atoms with Crippen LogP contribution < -0.4 is 44.9 Å². The predicted octanol–water partition coefficient (Wildman–Crippen LogP) is -8.63. The molecule has 76 valence electrons. The van der Waals surface area contributed by atoms with Crippen LogP contribution in [-0.2, 0) is 14.4 Å². The Bertz CT molecular complexity index is 238. The normalized spacial score (nSPS) is 9.40. The number of hydrogen-bond donors (Lipinski definition) is 1.